The molecule has 0 spiro atoms. The van der Waals surface area contributed by atoms with Crippen molar-refractivity contribution in [2.45, 2.75) is 39.0 Å². The maximum Gasteiger partial charge on any atom is 0.265 e. The van der Waals surface area contributed by atoms with Crippen molar-refractivity contribution in [2.24, 2.45) is 0 Å². The van der Waals surface area contributed by atoms with Crippen LogP contribution in [0.15, 0.2) is 30.5 Å². The average molecular weight is 327 g/mol. The minimum atomic E-state index is -0.434. The summed E-state index contributed by atoms with van der Waals surface area (Å²) in [5.41, 5.74) is 7.43. The molecule has 0 bridgehead atoms. The van der Waals surface area contributed by atoms with Crippen LogP contribution < -0.4 is 21.1 Å². The second-order valence-electron chi connectivity index (χ2n) is 5.76. The minimum Gasteiger partial charge on any atom is -0.478 e. The summed E-state index contributed by atoms with van der Waals surface area (Å²) in [6.45, 7) is 4.49. The Bertz CT molecular complexity index is 750. The van der Waals surface area contributed by atoms with Crippen LogP contribution in [-0.4, -0.2) is 22.0 Å². The van der Waals surface area contributed by atoms with Crippen molar-refractivity contribution in [3.05, 3.63) is 41.9 Å². The molecule has 7 nitrogen and oxygen atoms in total. The third-order valence-electron chi connectivity index (χ3n) is 3.99. The largest absolute Gasteiger partial charge is 0.478 e. The molecule has 0 saturated heterocycles. The molecule has 0 unspecified atom stereocenters. The van der Waals surface area contributed by atoms with Crippen LogP contribution in [0.2, 0.25) is 0 Å². The number of anilines is 2. The van der Waals surface area contributed by atoms with Gasteiger partial charge in [-0.3, -0.25) is 4.79 Å². The molecule has 126 valence electrons. The van der Waals surface area contributed by atoms with E-state index in [9.17, 15) is 4.79 Å². The van der Waals surface area contributed by atoms with E-state index in [-0.39, 0.29) is 11.9 Å². The van der Waals surface area contributed by atoms with Crippen molar-refractivity contribution in [1.82, 2.24) is 15.3 Å². The van der Waals surface area contributed by atoms with Crippen molar-refractivity contribution in [3.8, 4) is 5.75 Å². The predicted octanol–water partition coefficient (Wildman–Crippen LogP) is 2.02. The molecule has 2 aromatic rings. The Labute approximate surface area is 140 Å². The van der Waals surface area contributed by atoms with E-state index in [0.29, 0.717) is 36.0 Å². The molecular formula is C17H21N5O2. The van der Waals surface area contributed by atoms with Crippen LogP contribution in [0.3, 0.4) is 0 Å². The first-order chi connectivity index (χ1) is 11.6. The van der Waals surface area contributed by atoms with E-state index in [4.69, 9.17) is 10.5 Å². The lowest BCUT2D eigenvalue weighted by molar-refractivity contribution is -0.123. The fourth-order valence-electron chi connectivity index (χ4n) is 2.56. The van der Waals surface area contributed by atoms with Gasteiger partial charge in [0.25, 0.3) is 5.91 Å². The van der Waals surface area contributed by atoms with Crippen LogP contribution in [-0.2, 0) is 11.3 Å². The van der Waals surface area contributed by atoms with E-state index < -0.39 is 6.10 Å². The summed E-state index contributed by atoms with van der Waals surface area (Å²) in [5, 5.41) is 6.23. The highest BCUT2D eigenvalue weighted by molar-refractivity contribution is 5.97. The fourth-order valence-corrected chi connectivity index (χ4v) is 2.56. The van der Waals surface area contributed by atoms with Crippen LogP contribution in [0.5, 0.6) is 5.75 Å². The van der Waals surface area contributed by atoms with Crippen LogP contribution in [0, 0.1) is 0 Å². The zero-order valence-electron chi connectivity index (χ0n) is 13.7. The maximum absolute atomic E-state index is 11.8. The molecular weight excluding hydrogens is 306 g/mol. The van der Waals surface area contributed by atoms with Gasteiger partial charge in [0.15, 0.2) is 6.10 Å². The van der Waals surface area contributed by atoms with Crippen molar-refractivity contribution in [3.63, 3.8) is 0 Å². The van der Waals surface area contributed by atoms with Gasteiger partial charge < -0.3 is 21.1 Å². The molecule has 0 fully saturated rings. The first-order valence-corrected chi connectivity index (χ1v) is 7.99. The number of carbonyl (C=O) groups is 1. The summed E-state index contributed by atoms with van der Waals surface area (Å²) in [4.78, 5) is 20.2. The molecule has 2 atom stereocenters. The third kappa shape index (κ3) is 3.46. The zero-order valence-corrected chi connectivity index (χ0v) is 13.7. The Kier molecular flexibility index (Phi) is 4.61. The first kappa shape index (κ1) is 16.2. The Morgan fingerprint density at radius 2 is 2.25 bits per heavy atom. The lowest BCUT2D eigenvalue weighted by atomic mass is 10.1. The van der Waals surface area contributed by atoms with Crippen molar-refractivity contribution in [2.75, 3.05) is 11.1 Å². The second-order valence-corrected chi connectivity index (χ2v) is 5.76. The summed E-state index contributed by atoms with van der Waals surface area (Å²) < 4.78 is 5.78. The molecule has 1 amide bonds. The van der Waals surface area contributed by atoms with E-state index in [1.807, 2.05) is 32.0 Å². The summed E-state index contributed by atoms with van der Waals surface area (Å²) in [6, 6.07) is 7.51. The molecule has 1 aliphatic rings. The number of hydrogen-bond acceptors (Lipinski definition) is 6. The number of ether oxygens (including phenoxy) is 1. The lowest BCUT2D eigenvalue weighted by Gasteiger charge is -2.26. The third-order valence-corrected chi connectivity index (χ3v) is 3.99. The number of hydrogen-bond donors (Lipinski definition) is 3. The Balaban J connectivity index is 1.70. The summed E-state index contributed by atoms with van der Waals surface area (Å²) in [7, 11) is 0. The molecule has 24 heavy (non-hydrogen) atoms. The molecule has 1 aliphatic heterocycles. The highest BCUT2D eigenvalue weighted by Gasteiger charge is 2.26. The minimum absolute atomic E-state index is 0.0710. The van der Waals surface area contributed by atoms with Gasteiger partial charge in [0, 0.05) is 12.2 Å². The number of rotatable bonds is 5. The molecule has 7 heteroatoms. The average Bonchev–Trinajstić information content (AvgIpc) is 2.58. The van der Waals surface area contributed by atoms with Crippen molar-refractivity contribution >= 4 is 17.4 Å². The lowest BCUT2D eigenvalue weighted by Crippen LogP contribution is -2.36. The van der Waals surface area contributed by atoms with Gasteiger partial charge in [-0.25, -0.2) is 9.97 Å². The molecule has 1 aromatic heterocycles. The normalized spacial score (nSPS) is 17.6. The SMILES string of the molecule is CC[C@@H]1Oc2cc([C@@H](C)NCc3nccc(N)n3)ccc2NC1=O. The number of amides is 1. The fraction of sp³-hybridized carbons (Fsp3) is 0.353. The van der Waals surface area contributed by atoms with Gasteiger partial charge in [0.2, 0.25) is 0 Å². The number of benzene rings is 1. The van der Waals surface area contributed by atoms with Gasteiger partial charge in [0.1, 0.15) is 17.4 Å². The number of nitrogens with zero attached hydrogens (tertiary/aromatic N) is 2. The number of carbonyl (C=O) groups excluding carboxylic acids is 1. The quantitative estimate of drug-likeness (QED) is 0.776. The van der Waals surface area contributed by atoms with Gasteiger partial charge >= 0.3 is 0 Å². The van der Waals surface area contributed by atoms with E-state index in [0.717, 1.165) is 5.56 Å². The van der Waals surface area contributed by atoms with Gasteiger partial charge in [-0.05, 0) is 37.1 Å². The van der Waals surface area contributed by atoms with Crippen LogP contribution in [0.1, 0.15) is 37.7 Å². The molecule has 1 aromatic carbocycles. The first-order valence-electron chi connectivity index (χ1n) is 7.99. The molecule has 2 heterocycles. The summed E-state index contributed by atoms with van der Waals surface area (Å²) >= 11 is 0. The summed E-state index contributed by atoms with van der Waals surface area (Å²) in [6.07, 6.45) is 1.84. The second kappa shape index (κ2) is 6.84. The number of nitrogens with one attached hydrogen (secondary N) is 2. The highest BCUT2D eigenvalue weighted by Crippen LogP contribution is 2.33. The topological polar surface area (TPSA) is 102 Å². The number of nitrogens with two attached hydrogens (primary N) is 1. The van der Waals surface area contributed by atoms with Gasteiger partial charge in [0.05, 0.1) is 12.2 Å². The number of fused-ring (bicyclic) bond motifs is 1. The number of nitrogen functional groups attached to an aromatic ring is 1. The molecule has 0 saturated carbocycles. The van der Waals surface area contributed by atoms with Crippen LogP contribution in [0.4, 0.5) is 11.5 Å². The van der Waals surface area contributed by atoms with E-state index in [2.05, 4.69) is 20.6 Å². The van der Waals surface area contributed by atoms with Crippen LogP contribution in [0.25, 0.3) is 0 Å². The van der Waals surface area contributed by atoms with Crippen molar-refractivity contribution < 1.29 is 9.53 Å². The monoisotopic (exact) mass is 327 g/mol. The molecule has 4 N–H and O–H groups in total. The Hall–Kier alpha value is -2.67. The Morgan fingerprint density at radius 3 is 3.00 bits per heavy atom. The summed E-state index contributed by atoms with van der Waals surface area (Å²) in [5.74, 6) is 1.71. The molecule has 0 aliphatic carbocycles. The predicted molar refractivity (Wildman–Crippen MR) is 91.5 cm³/mol. The zero-order chi connectivity index (χ0) is 17.1. The van der Waals surface area contributed by atoms with E-state index >= 15 is 0 Å². The van der Waals surface area contributed by atoms with Crippen LogP contribution >= 0.6 is 0 Å². The smallest absolute Gasteiger partial charge is 0.265 e. The van der Waals surface area contributed by atoms with Gasteiger partial charge in [-0.1, -0.05) is 13.0 Å². The molecule has 3 rings (SSSR count). The highest BCUT2D eigenvalue weighted by atomic mass is 16.5. The molecule has 0 radical (unpaired) electrons. The van der Waals surface area contributed by atoms with Crippen molar-refractivity contribution in [1.29, 1.82) is 0 Å². The Morgan fingerprint density at radius 1 is 1.42 bits per heavy atom. The van der Waals surface area contributed by atoms with E-state index in [1.165, 1.54) is 0 Å². The van der Waals surface area contributed by atoms with E-state index in [1.54, 1.807) is 12.3 Å². The maximum atomic E-state index is 11.8. The standard InChI is InChI=1S/C17H21N5O2/c1-3-13-17(23)21-12-5-4-11(8-14(12)24-13)10(2)20-9-16-19-7-6-15(18)22-16/h4-8,10,13,20H,3,9H2,1-2H3,(H,21,23)(H2,18,19,22)/t10-,13+/m1/s1. The van der Waals surface area contributed by atoms with Gasteiger partial charge in [-0.2, -0.15) is 0 Å². The van der Waals surface area contributed by atoms with Gasteiger partial charge in [-0.15, -0.1) is 0 Å². The number of aromatic nitrogens is 2.